The Kier molecular flexibility index (Phi) is 4.72. The summed E-state index contributed by atoms with van der Waals surface area (Å²) in [7, 11) is 3.09. The van der Waals surface area contributed by atoms with Gasteiger partial charge in [-0.25, -0.2) is 0 Å². The lowest BCUT2D eigenvalue weighted by atomic mass is 10.1. The number of nitrogens with zero attached hydrogens (tertiary/aromatic N) is 2. The van der Waals surface area contributed by atoms with Gasteiger partial charge in [-0.2, -0.15) is 0 Å². The van der Waals surface area contributed by atoms with Crippen LogP contribution in [0.5, 0.6) is 11.5 Å². The van der Waals surface area contributed by atoms with Gasteiger partial charge in [-0.15, -0.1) is 5.10 Å². The number of hydrogen-bond donors (Lipinski definition) is 1. The second kappa shape index (κ2) is 7.10. The third-order valence-corrected chi connectivity index (χ3v) is 4.12. The molecule has 0 saturated heterocycles. The number of amides is 1. The molecule has 0 fully saturated rings. The Morgan fingerprint density at radius 1 is 1.04 bits per heavy atom. The number of anilines is 1. The number of nitrogens with one attached hydrogen (secondary N) is 1. The van der Waals surface area contributed by atoms with Crippen molar-refractivity contribution in [2.24, 2.45) is 0 Å². The van der Waals surface area contributed by atoms with Gasteiger partial charge in [0.05, 0.1) is 25.3 Å². The van der Waals surface area contributed by atoms with Crippen LogP contribution < -0.4 is 14.8 Å². The first-order chi connectivity index (χ1) is 11.7. The first-order valence-electron chi connectivity index (χ1n) is 7.12. The van der Waals surface area contributed by atoms with Gasteiger partial charge in [-0.1, -0.05) is 16.6 Å². The van der Waals surface area contributed by atoms with Crippen LogP contribution >= 0.6 is 11.5 Å². The predicted octanol–water partition coefficient (Wildman–Crippen LogP) is 3.47. The highest BCUT2D eigenvalue weighted by molar-refractivity contribution is 7.09. The minimum Gasteiger partial charge on any atom is -0.497 e. The van der Waals surface area contributed by atoms with Gasteiger partial charge in [0.15, 0.2) is 0 Å². The Bertz CT molecular complexity index is 811. The van der Waals surface area contributed by atoms with Gasteiger partial charge in [0, 0.05) is 17.3 Å². The smallest absolute Gasteiger partial charge is 0.255 e. The van der Waals surface area contributed by atoms with Crippen LogP contribution in [0.25, 0.3) is 10.4 Å². The molecular weight excluding hydrogens is 326 g/mol. The van der Waals surface area contributed by atoms with Crippen molar-refractivity contribution in [2.75, 3.05) is 19.5 Å². The van der Waals surface area contributed by atoms with Crippen LogP contribution in [0.2, 0.25) is 0 Å². The molecule has 3 rings (SSSR count). The van der Waals surface area contributed by atoms with Crippen molar-refractivity contribution >= 4 is 23.1 Å². The molecule has 0 aliphatic rings. The highest BCUT2D eigenvalue weighted by Gasteiger charge is 2.10. The summed E-state index contributed by atoms with van der Waals surface area (Å²) in [6.45, 7) is 0. The summed E-state index contributed by atoms with van der Waals surface area (Å²) in [4.78, 5) is 13.4. The summed E-state index contributed by atoms with van der Waals surface area (Å²) >= 11 is 1.32. The maximum atomic E-state index is 12.4. The van der Waals surface area contributed by atoms with Crippen molar-refractivity contribution < 1.29 is 14.3 Å². The molecular formula is C17H15N3O3S. The van der Waals surface area contributed by atoms with Crippen molar-refractivity contribution in [1.82, 2.24) is 9.59 Å². The Morgan fingerprint density at radius 3 is 2.25 bits per heavy atom. The normalized spacial score (nSPS) is 10.2. The average molecular weight is 341 g/mol. The van der Waals surface area contributed by atoms with E-state index in [1.54, 1.807) is 38.6 Å². The zero-order valence-corrected chi connectivity index (χ0v) is 14.0. The number of rotatable bonds is 5. The Balaban J connectivity index is 1.77. The van der Waals surface area contributed by atoms with Crippen molar-refractivity contribution in [3.05, 3.63) is 54.2 Å². The van der Waals surface area contributed by atoms with Crippen LogP contribution in [0.15, 0.2) is 48.7 Å². The van der Waals surface area contributed by atoms with Crippen molar-refractivity contribution in [1.29, 1.82) is 0 Å². The molecule has 0 unspecified atom stereocenters. The maximum absolute atomic E-state index is 12.4. The largest absolute Gasteiger partial charge is 0.497 e. The second-order valence-electron chi connectivity index (χ2n) is 4.91. The van der Waals surface area contributed by atoms with E-state index in [4.69, 9.17) is 9.47 Å². The molecule has 0 spiro atoms. The minimum absolute atomic E-state index is 0.237. The van der Waals surface area contributed by atoms with E-state index in [-0.39, 0.29) is 5.91 Å². The number of carbonyl (C=O) groups excluding carboxylic acids is 1. The summed E-state index contributed by atoms with van der Waals surface area (Å²) < 4.78 is 14.2. The molecule has 0 atom stereocenters. The fourth-order valence-electron chi connectivity index (χ4n) is 2.15. The summed E-state index contributed by atoms with van der Waals surface area (Å²) in [5.74, 6) is 0.888. The molecule has 1 aromatic heterocycles. The lowest BCUT2D eigenvalue weighted by Crippen LogP contribution is -2.12. The van der Waals surface area contributed by atoms with Gasteiger partial charge in [-0.05, 0) is 41.4 Å². The summed E-state index contributed by atoms with van der Waals surface area (Å²) in [6.07, 6.45) is 1.71. The van der Waals surface area contributed by atoms with Crippen LogP contribution in [0.4, 0.5) is 5.69 Å². The highest BCUT2D eigenvalue weighted by atomic mass is 32.1. The molecule has 122 valence electrons. The van der Waals surface area contributed by atoms with Gasteiger partial charge >= 0.3 is 0 Å². The fourth-order valence-corrected chi connectivity index (χ4v) is 2.67. The summed E-state index contributed by atoms with van der Waals surface area (Å²) in [5.41, 5.74) is 2.16. The van der Waals surface area contributed by atoms with Gasteiger partial charge in [-0.3, -0.25) is 4.79 Å². The van der Waals surface area contributed by atoms with Gasteiger partial charge in [0.1, 0.15) is 11.5 Å². The number of hydrogen-bond acceptors (Lipinski definition) is 6. The monoisotopic (exact) mass is 341 g/mol. The van der Waals surface area contributed by atoms with Gasteiger partial charge in [0.25, 0.3) is 5.91 Å². The highest BCUT2D eigenvalue weighted by Crippen LogP contribution is 2.25. The van der Waals surface area contributed by atoms with Crippen LogP contribution in [0, 0.1) is 0 Å². The third-order valence-electron chi connectivity index (χ3n) is 3.40. The molecule has 1 amide bonds. The number of benzene rings is 2. The van der Waals surface area contributed by atoms with Crippen molar-refractivity contribution in [3.8, 4) is 21.9 Å². The zero-order valence-electron chi connectivity index (χ0n) is 13.1. The van der Waals surface area contributed by atoms with E-state index in [9.17, 15) is 4.79 Å². The molecule has 0 aliphatic carbocycles. The SMILES string of the molecule is COc1cc(OC)cc(C(=O)Nc2ccc(-c3cnns3)cc2)c1. The Morgan fingerprint density at radius 2 is 1.71 bits per heavy atom. The molecule has 6 nitrogen and oxygen atoms in total. The Labute approximate surface area is 143 Å². The third kappa shape index (κ3) is 3.52. The number of aromatic nitrogens is 2. The van der Waals surface area contributed by atoms with E-state index in [2.05, 4.69) is 14.9 Å². The predicted molar refractivity (Wildman–Crippen MR) is 92.8 cm³/mol. The van der Waals surface area contributed by atoms with E-state index in [1.165, 1.54) is 11.5 Å². The molecule has 0 radical (unpaired) electrons. The standard InChI is InChI=1S/C17H15N3O3S/c1-22-14-7-12(8-15(9-14)23-2)17(21)19-13-5-3-11(4-6-13)16-10-18-20-24-16/h3-10H,1-2H3,(H,19,21). The summed E-state index contributed by atoms with van der Waals surface area (Å²) in [6, 6.07) is 12.5. The molecule has 7 heteroatoms. The zero-order chi connectivity index (χ0) is 16.9. The number of methoxy groups -OCH3 is 2. The molecule has 1 N–H and O–H groups in total. The van der Waals surface area contributed by atoms with Gasteiger partial charge in [0.2, 0.25) is 0 Å². The number of carbonyl (C=O) groups is 1. The van der Waals surface area contributed by atoms with E-state index in [0.29, 0.717) is 22.7 Å². The van der Waals surface area contributed by atoms with E-state index in [0.717, 1.165) is 10.4 Å². The molecule has 0 bridgehead atoms. The lowest BCUT2D eigenvalue weighted by molar-refractivity contribution is 0.102. The summed E-state index contributed by atoms with van der Waals surface area (Å²) in [5, 5.41) is 6.67. The molecule has 24 heavy (non-hydrogen) atoms. The average Bonchev–Trinajstić information content (AvgIpc) is 3.16. The minimum atomic E-state index is -0.237. The molecule has 0 saturated carbocycles. The molecule has 2 aromatic carbocycles. The number of ether oxygens (including phenoxy) is 2. The molecule has 0 aliphatic heterocycles. The van der Waals surface area contributed by atoms with Crippen molar-refractivity contribution in [2.45, 2.75) is 0 Å². The van der Waals surface area contributed by atoms with E-state index >= 15 is 0 Å². The van der Waals surface area contributed by atoms with Crippen LogP contribution in [0.1, 0.15) is 10.4 Å². The topological polar surface area (TPSA) is 73.3 Å². The fraction of sp³-hybridized carbons (Fsp3) is 0.118. The van der Waals surface area contributed by atoms with Crippen LogP contribution in [0.3, 0.4) is 0 Å². The quantitative estimate of drug-likeness (QED) is 0.769. The maximum Gasteiger partial charge on any atom is 0.255 e. The van der Waals surface area contributed by atoms with E-state index in [1.807, 2.05) is 24.3 Å². The second-order valence-corrected chi connectivity index (χ2v) is 5.70. The van der Waals surface area contributed by atoms with Crippen molar-refractivity contribution in [3.63, 3.8) is 0 Å². The first kappa shape index (κ1) is 15.9. The van der Waals surface area contributed by atoms with Gasteiger partial charge < -0.3 is 14.8 Å². The molecule has 3 aromatic rings. The van der Waals surface area contributed by atoms with Crippen LogP contribution in [-0.4, -0.2) is 29.7 Å². The molecule has 1 heterocycles. The Hall–Kier alpha value is -2.93. The first-order valence-corrected chi connectivity index (χ1v) is 7.89. The van der Waals surface area contributed by atoms with E-state index < -0.39 is 0 Å². The lowest BCUT2D eigenvalue weighted by Gasteiger charge is -2.09. The van der Waals surface area contributed by atoms with Crippen LogP contribution in [-0.2, 0) is 0 Å².